The zero-order valence-electron chi connectivity index (χ0n) is 13.3. The SMILES string of the molecule is CCCOCC(C)OCC(C)OC(=O)CCCCC(=O)O. The smallest absolute Gasteiger partial charge is 0.306 e. The van der Waals surface area contributed by atoms with Crippen LogP contribution in [0.15, 0.2) is 0 Å². The molecule has 0 aliphatic carbocycles. The fourth-order valence-electron chi connectivity index (χ4n) is 1.60. The molecule has 0 aromatic rings. The average molecular weight is 304 g/mol. The molecule has 1 N–H and O–H groups in total. The maximum atomic E-state index is 11.5. The van der Waals surface area contributed by atoms with Crippen LogP contribution in [0.5, 0.6) is 0 Å². The first-order chi connectivity index (χ1) is 9.95. The van der Waals surface area contributed by atoms with Crippen molar-refractivity contribution in [2.75, 3.05) is 19.8 Å². The Morgan fingerprint density at radius 3 is 2.33 bits per heavy atom. The summed E-state index contributed by atoms with van der Waals surface area (Å²) in [6, 6.07) is 0. The molecule has 2 atom stereocenters. The van der Waals surface area contributed by atoms with Gasteiger partial charge in [0.25, 0.3) is 0 Å². The van der Waals surface area contributed by atoms with E-state index >= 15 is 0 Å². The molecule has 0 amide bonds. The lowest BCUT2D eigenvalue weighted by Crippen LogP contribution is -2.25. The Kier molecular flexibility index (Phi) is 11.9. The van der Waals surface area contributed by atoms with Crippen LogP contribution in [0.2, 0.25) is 0 Å². The van der Waals surface area contributed by atoms with E-state index in [2.05, 4.69) is 0 Å². The normalized spacial score (nSPS) is 13.7. The highest BCUT2D eigenvalue weighted by molar-refractivity contribution is 5.70. The Labute approximate surface area is 126 Å². The van der Waals surface area contributed by atoms with Gasteiger partial charge in [0.1, 0.15) is 6.10 Å². The maximum Gasteiger partial charge on any atom is 0.306 e. The zero-order valence-corrected chi connectivity index (χ0v) is 13.3. The van der Waals surface area contributed by atoms with Gasteiger partial charge in [-0.3, -0.25) is 9.59 Å². The van der Waals surface area contributed by atoms with E-state index in [0.29, 0.717) is 32.7 Å². The summed E-state index contributed by atoms with van der Waals surface area (Å²) >= 11 is 0. The predicted octanol–water partition coefficient (Wildman–Crippen LogP) is 2.39. The third-order valence-electron chi connectivity index (χ3n) is 2.67. The second-order valence-corrected chi connectivity index (χ2v) is 5.12. The molecule has 0 aliphatic rings. The third-order valence-corrected chi connectivity index (χ3v) is 2.67. The van der Waals surface area contributed by atoms with Crippen molar-refractivity contribution in [1.82, 2.24) is 0 Å². The second kappa shape index (κ2) is 12.6. The predicted molar refractivity (Wildman–Crippen MR) is 78.2 cm³/mol. The number of rotatable bonds is 13. The van der Waals surface area contributed by atoms with Crippen molar-refractivity contribution in [1.29, 1.82) is 0 Å². The van der Waals surface area contributed by atoms with Gasteiger partial charge in [-0.15, -0.1) is 0 Å². The molecule has 0 aliphatic heterocycles. The highest BCUT2D eigenvalue weighted by Gasteiger charge is 2.12. The van der Waals surface area contributed by atoms with Gasteiger partial charge in [-0.05, 0) is 33.1 Å². The molecule has 0 bridgehead atoms. The molecule has 2 unspecified atom stereocenters. The van der Waals surface area contributed by atoms with Gasteiger partial charge in [-0.25, -0.2) is 0 Å². The number of aliphatic carboxylic acids is 1. The van der Waals surface area contributed by atoms with E-state index in [4.69, 9.17) is 19.3 Å². The van der Waals surface area contributed by atoms with Crippen LogP contribution in [0.25, 0.3) is 0 Å². The van der Waals surface area contributed by atoms with Crippen LogP contribution in [0.3, 0.4) is 0 Å². The van der Waals surface area contributed by atoms with Crippen molar-refractivity contribution in [3.63, 3.8) is 0 Å². The van der Waals surface area contributed by atoms with Crippen molar-refractivity contribution in [3.8, 4) is 0 Å². The van der Waals surface area contributed by atoms with Gasteiger partial charge in [0.05, 0.1) is 19.3 Å². The summed E-state index contributed by atoms with van der Waals surface area (Å²) in [5.74, 6) is -1.16. The molecular formula is C15H28O6. The van der Waals surface area contributed by atoms with Gasteiger partial charge < -0.3 is 19.3 Å². The summed E-state index contributed by atoms with van der Waals surface area (Å²) in [4.78, 5) is 21.8. The number of carbonyl (C=O) groups is 2. The topological polar surface area (TPSA) is 82.1 Å². The Bertz CT molecular complexity index is 292. The minimum Gasteiger partial charge on any atom is -0.481 e. The number of carboxylic acids is 1. The van der Waals surface area contributed by atoms with E-state index in [1.807, 2.05) is 13.8 Å². The highest BCUT2D eigenvalue weighted by Crippen LogP contribution is 2.04. The standard InChI is InChI=1S/C15H28O6/c1-4-9-19-10-12(2)20-11-13(3)21-15(18)8-6-5-7-14(16)17/h12-13H,4-11H2,1-3H3,(H,16,17). The van der Waals surface area contributed by atoms with Gasteiger partial charge in [0.15, 0.2) is 0 Å². The van der Waals surface area contributed by atoms with Crippen molar-refractivity contribution in [2.24, 2.45) is 0 Å². The van der Waals surface area contributed by atoms with Crippen LogP contribution in [0, 0.1) is 0 Å². The van der Waals surface area contributed by atoms with Crippen molar-refractivity contribution in [3.05, 3.63) is 0 Å². The fourth-order valence-corrected chi connectivity index (χ4v) is 1.60. The van der Waals surface area contributed by atoms with E-state index in [-0.39, 0.29) is 31.0 Å². The molecule has 0 saturated carbocycles. The molecule has 0 rings (SSSR count). The lowest BCUT2D eigenvalue weighted by Gasteiger charge is -2.17. The molecule has 124 valence electrons. The summed E-state index contributed by atoms with van der Waals surface area (Å²) in [6.45, 7) is 7.31. The molecule has 0 heterocycles. The van der Waals surface area contributed by atoms with Crippen molar-refractivity contribution in [2.45, 2.75) is 65.1 Å². The molecule has 6 nitrogen and oxygen atoms in total. The van der Waals surface area contributed by atoms with Gasteiger partial charge in [-0.1, -0.05) is 6.92 Å². The fraction of sp³-hybridized carbons (Fsp3) is 0.867. The van der Waals surface area contributed by atoms with Crippen LogP contribution in [0.4, 0.5) is 0 Å². The lowest BCUT2D eigenvalue weighted by molar-refractivity contribution is -0.153. The Hall–Kier alpha value is -1.14. The summed E-state index contributed by atoms with van der Waals surface area (Å²) in [5, 5.41) is 8.48. The van der Waals surface area contributed by atoms with Gasteiger partial charge in [0.2, 0.25) is 0 Å². The van der Waals surface area contributed by atoms with Gasteiger partial charge in [0, 0.05) is 19.4 Å². The minimum absolute atomic E-state index is 0.0340. The zero-order chi connectivity index (χ0) is 16.1. The molecule has 0 radical (unpaired) electrons. The molecule has 0 saturated heterocycles. The summed E-state index contributed by atoms with van der Waals surface area (Å²) in [7, 11) is 0. The number of ether oxygens (including phenoxy) is 3. The first-order valence-electron chi connectivity index (χ1n) is 7.56. The molecule has 6 heteroatoms. The second-order valence-electron chi connectivity index (χ2n) is 5.12. The maximum absolute atomic E-state index is 11.5. The van der Waals surface area contributed by atoms with Crippen molar-refractivity contribution < 1.29 is 28.9 Å². The molecule has 0 aromatic carbocycles. The van der Waals surface area contributed by atoms with E-state index in [1.165, 1.54) is 0 Å². The third kappa shape index (κ3) is 13.6. The molecular weight excluding hydrogens is 276 g/mol. The van der Waals surface area contributed by atoms with E-state index < -0.39 is 5.97 Å². The number of carboxylic acid groups (broad SMARTS) is 1. The molecule has 21 heavy (non-hydrogen) atoms. The molecule has 0 fully saturated rings. The van der Waals surface area contributed by atoms with Gasteiger partial charge in [-0.2, -0.15) is 0 Å². The first-order valence-corrected chi connectivity index (χ1v) is 7.56. The Morgan fingerprint density at radius 2 is 1.71 bits per heavy atom. The number of hydrogen-bond donors (Lipinski definition) is 1. The number of carbonyl (C=O) groups excluding carboxylic acids is 1. The monoisotopic (exact) mass is 304 g/mol. The largest absolute Gasteiger partial charge is 0.481 e. The number of esters is 1. The van der Waals surface area contributed by atoms with Crippen LogP contribution in [0.1, 0.15) is 52.9 Å². The lowest BCUT2D eigenvalue weighted by atomic mass is 10.2. The minimum atomic E-state index is -0.843. The van der Waals surface area contributed by atoms with E-state index in [0.717, 1.165) is 6.42 Å². The summed E-state index contributed by atoms with van der Waals surface area (Å²) in [6.07, 6.45) is 1.97. The summed E-state index contributed by atoms with van der Waals surface area (Å²) < 4.78 is 16.1. The molecule has 0 spiro atoms. The van der Waals surface area contributed by atoms with Crippen LogP contribution in [-0.4, -0.2) is 49.1 Å². The molecule has 0 aromatic heterocycles. The van der Waals surface area contributed by atoms with Crippen LogP contribution >= 0.6 is 0 Å². The van der Waals surface area contributed by atoms with Crippen LogP contribution in [-0.2, 0) is 23.8 Å². The van der Waals surface area contributed by atoms with E-state index in [9.17, 15) is 9.59 Å². The average Bonchev–Trinajstić information content (AvgIpc) is 2.41. The first kappa shape index (κ1) is 19.9. The Morgan fingerprint density at radius 1 is 1.05 bits per heavy atom. The van der Waals surface area contributed by atoms with Gasteiger partial charge >= 0.3 is 11.9 Å². The number of hydrogen-bond acceptors (Lipinski definition) is 5. The Balaban J connectivity index is 3.60. The van der Waals surface area contributed by atoms with Crippen LogP contribution < -0.4 is 0 Å². The summed E-state index contributed by atoms with van der Waals surface area (Å²) in [5.41, 5.74) is 0. The number of unbranched alkanes of at least 4 members (excludes halogenated alkanes) is 1. The highest BCUT2D eigenvalue weighted by atomic mass is 16.6. The quantitative estimate of drug-likeness (QED) is 0.415. The van der Waals surface area contributed by atoms with Crippen molar-refractivity contribution >= 4 is 11.9 Å². The van der Waals surface area contributed by atoms with E-state index in [1.54, 1.807) is 6.92 Å².